The van der Waals surface area contributed by atoms with Crippen LogP contribution in [0.3, 0.4) is 0 Å². The van der Waals surface area contributed by atoms with Crippen LogP contribution < -0.4 is 5.73 Å². The second-order valence-corrected chi connectivity index (χ2v) is 9.42. The summed E-state index contributed by atoms with van der Waals surface area (Å²) in [4.78, 5) is 12.1. The summed E-state index contributed by atoms with van der Waals surface area (Å²) in [5.41, 5.74) is 11.2. The molecule has 0 spiro atoms. The molecule has 1 aliphatic carbocycles. The fourth-order valence-corrected chi connectivity index (χ4v) is 5.25. The molecule has 6 nitrogen and oxygen atoms in total. The molecule has 1 saturated heterocycles. The van der Waals surface area contributed by atoms with Gasteiger partial charge in [0.25, 0.3) is 0 Å². The van der Waals surface area contributed by atoms with Crippen LogP contribution in [0.25, 0.3) is 16.6 Å². The maximum absolute atomic E-state index is 14.0. The summed E-state index contributed by atoms with van der Waals surface area (Å²) >= 11 is 0. The number of rotatable bonds is 6. The number of aromatic nitrogens is 1. The van der Waals surface area contributed by atoms with Gasteiger partial charge in [-0.3, -0.25) is 4.79 Å². The summed E-state index contributed by atoms with van der Waals surface area (Å²) in [7, 11) is 0. The molecule has 172 valence electrons. The molecule has 0 unspecified atom stereocenters. The molecule has 1 saturated carbocycles. The molecule has 0 radical (unpaired) electrons. The lowest BCUT2D eigenvalue weighted by molar-refractivity contribution is -0.143. The molecular formula is C26H28FN3O3. The zero-order chi connectivity index (χ0) is 23.3. The largest absolute Gasteiger partial charge is 0.481 e. The van der Waals surface area contributed by atoms with E-state index in [9.17, 15) is 14.3 Å². The molecule has 33 heavy (non-hydrogen) atoms. The number of nitrogens with two attached hydrogens (primary N) is 1. The van der Waals surface area contributed by atoms with Crippen molar-refractivity contribution in [2.75, 3.05) is 18.9 Å². The SMILES string of the molecule is Cc1cc(F)ccc1-n1c(C2CCOCC2)c(CC2(C(=O)O)CC2)c2cc(N)c(C=N)cc21. The molecule has 0 bridgehead atoms. The van der Waals surface area contributed by atoms with E-state index in [0.29, 0.717) is 43.7 Å². The number of nitrogens with zero attached hydrogens (tertiary/aromatic N) is 1. The minimum Gasteiger partial charge on any atom is -0.481 e. The topological polar surface area (TPSA) is 101 Å². The lowest BCUT2D eigenvalue weighted by Gasteiger charge is -2.27. The molecular weight excluding hydrogens is 421 g/mol. The van der Waals surface area contributed by atoms with Crippen LogP contribution >= 0.6 is 0 Å². The Balaban J connectivity index is 1.85. The van der Waals surface area contributed by atoms with Gasteiger partial charge in [-0.2, -0.15) is 0 Å². The van der Waals surface area contributed by atoms with Gasteiger partial charge in [0.2, 0.25) is 0 Å². The first kappa shape index (κ1) is 21.6. The predicted octanol–water partition coefficient (Wildman–Crippen LogP) is 4.96. The van der Waals surface area contributed by atoms with Gasteiger partial charge in [-0.1, -0.05) is 0 Å². The van der Waals surface area contributed by atoms with Crippen molar-refractivity contribution in [3.05, 3.63) is 58.5 Å². The normalized spacial score (nSPS) is 17.9. The Morgan fingerprint density at radius 2 is 2.03 bits per heavy atom. The highest BCUT2D eigenvalue weighted by atomic mass is 19.1. The molecule has 7 heteroatoms. The molecule has 2 aliphatic rings. The number of aliphatic carboxylic acids is 1. The van der Waals surface area contributed by atoms with E-state index in [-0.39, 0.29) is 11.7 Å². The summed E-state index contributed by atoms with van der Waals surface area (Å²) in [6.07, 6.45) is 4.64. The third-order valence-electron chi connectivity index (χ3n) is 7.30. The van der Waals surface area contributed by atoms with Gasteiger partial charge in [-0.25, -0.2) is 4.39 Å². The summed E-state index contributed by atoms with van der Waals surface area (Å²) in [6, 6.07) is 8.52. The van der Waals surface area contributed by atoms with E-state index in [1.165, 1.54) is 18.3 Å². The fraction of sp³-hybridized carbons (Fsp3) is 0.385. The molecule has 2 fully saturated rings. The van der Waals surface area contributed by atoms with Gasteiger partial charge in [0.15, 0.2) is 0 Å². The van der Waals surface area contributed by atoms with E-state index in [2.05, 4.69) is 4.57 Å². The van der Waals surface area contributed by atoms with Crippen LogP contribution in [0.5, 0.6) is 0 Å². The van der Waals surface area contributed by atoms with Gasteiger partial charge < -0.3 is 25.6 Å². The van der Waals surface area contributed by atoms with Crippen LogP contribution in [0.1, 0.15) is 54.0 Å². The van der Waals surface area contributed by atoms with Crippen molar-refractivity contribution >= 4 is 28.8 Å². The monoisotopic (exact) mass is 449 g/mol. The highest BCUT2D eigenvalue weighted by Gasteiger charge is 2.51. The highest BCUT2D eigenvalue weighted by Crippen LogP contribution is 2.52. The second-order valence-electron chi connectivity index (χ2n) is 9.42. The molecule has 0 amide bonds. The minimum atomic E-state index is -0.761. The minimum absolute atomic E-state index is 0.180. The first-order valence-corrected chi connectivity index (χ1v) is 11.4. The van der Waals surface area contributed by atoms with Gasteiger partial charge in [0, 0.05) is 53.4 Å². The van der Waals surface area contributed by atoms with Gasteiger partial charge in [-0.15, -0.1) is 0 Å². The van der Waals surface area contributed by atoms with Gasteiger partial charge in [-0.05, 0) is 80.5 Å². The molecule has 1 aliphatic heterocycles. The molecule has 1 aromatic heterocycles. The Hall–Kier alpha value is -3.19. The summed E-state index contributed by atoms with van der Waals surface area (Å²) in [5.74, 6) is -0.879. The van der Waals surface area contributed by atoms with Crippen molar-refractivity contribution in [1.29, 1.82) is 5.41 Å². The van der Waals surface area contributed by atoms with Crippen molar-refractivity contribution in [2.45, 2.75) is 44.9 Å². The molecule has 4 N–H and O–H groups in total. The Kier molecular flexibility index (Phi) is 5.24. The number of anilines is 1. The number of carboxylic acid groups (broad SMARTS) is 1. The van der Waals surface area contributed by atoms with Crippen molar-refractivity contribution in [2.24, 2.45) is 5.41 Å². The molecule has 5 rings (SSSR count). The van der Waals surface area contributed by atoms with Crippen molar-refractivity contribution in [3.8, 4) is 5.69 Å². The van der Waals surface area contributed by atoms with Crippen LogP contribution in [-0.2, 0) is 16.0 Å². The van der Waals surface area contributed by atoms with Gasteiger partial charge in [0.05, 0.1) is 10.9 Å². The summed E-state index contributed by atoms with van der Waals surface area (Å²) < 4.78 is 21.8. The predicted molar refractivity (Wildman–Crippen MR) is 126 cm³/mol. The number of ether oxygens (including phenoxy) is 1. The van der Waals surface area contributed by atoms with Crippen molar-refractivity contribution in [1.82, 2.24) is 4.57 Å². The first-order valence-electron chi connectivity index (χ1n) is 11.4. The zero-order valence-corrected chi connectivity index (χ0v) is 18.7. The standard InChI is InChI=1S/C26H28FN3O3/c1-15-10-18(27)2-3-22(15)30-23-11-17(14-28)21(29)12-19(23)20(13-26(6-7-26)25(31)32)24(30)16-4-8-33-9-5-16/h2-3,10-12,14,16,28H,4-9,13,29H2,1H3,(H,31,32). The molecule has 3 aromatic rings. The molecule has 0 atom stereocenters. The Bertz CT molecular complexity index is 1270. The Morgan fingerprint density at radius 3 is 2.64 bits per heavy atom. The zero-order valence-electron chi connectivity index (χ0n) is 18.7. The fourth-order valence-electron chi connectivity index (χ4n) is 5.25. The van der Waals surface area contributed by atoms with Crippen LogP contribution in [0.15, 0.2) is 30.3 Å². The first-order chi connectivity index (χ1) is 15.8. The van der Waals surface area contributed by atoms with E-state index in [1.54, 1.807) is 6.07 Å². The Morgan fingerprint density at radius 1 is 1.30 bits per heavy atom. The van der Waals surface area contributed by atoms with E-state index >= 15 is 0 Å². The van der Waals surface area contributed by atoms with E-state index < -0.39 is 11.4 Å². The maximum atomic E-state index is 14.0. The number of carboxylic acids is 1. The number of aryl methyl sites for hydroxylation is 1. The lowest BCUT2D eigenvalue weighted by Crippen LogP contribution is -2.22. The second kappa shape index (κ2) is 7.99. The number of nitrogens with one attached hydrogen (secondary N) is 1. The molecule has 2 heterocycles. The van der Waals surface area contributed by atoms with E-state index in [0.717, 1.165) is 46.3 Å². The van der Waals surface area contributed by atoms with Crippen LogP contribution in [0.4, 0.5) is 10.1 Å². The Labute approximate surface area is 191 Å². The number of nitrogen functional groups attached to an aromatic ring is 1. The van der Waals surface area contributed by atoms with Crippen LogP contribution in [0, 0.1) is 23.6 Å². The third-order valence-corrected chi connectivity index (χ3v) is 7.30. The lowest BCUT2D eigenvalue weighted by atomic mass is 9.87. The van der Waals surface area contributed by atoms with Gasteiger partial charge in [0.1, 0.15) is 5.82 Å². The van der Waals surface area contributed by atoms with Gasteiger partial charge >= 0.3 is 5.97 Å². The smallest absolute Gasteiger partial charge is 0.309 e. The maximum Gasteiger partial charge on any atom is 0.309 e. The third kappa shape index (κ3) is 3.60. The summed E-state index contributed by atoms with van der Waals surface area (Å²) in [5, 5.41) is 18.7. The van der Waals surface area contributed by atoms with E-state index in [4.69, 9.17) is 15.9 Å². The van der Waals surface area contributed by atoms with Crippen molar-refractivity contribution < 1.29 is 19.0 Å². The highest BCUT2D eigenvalue weighted by molar-refractivity contribution is 5.98. The molecule has 2 aromatic carbocycles. The summed E-state index contributed by atoms with van der Waals surface area (Å²) in [6.45, 7) is 3.17. The number of halogens is 1. The average molecular weight is 450 g/mol. The number of hydrogen-bond acceptors (Lipinski definition) is 4. The number of benzene rings is 2. The van der Waals surface area contributed by atoms with Crippen LogP contribution in [-0.4, -0.2) is 35.1 Å². The van der Waals surface area contributed by atoms with Crippen molar-refractivity contribution in [3.63, 3.8) is 0 Å². The number of hydrogen-bond donors (Lipinski definition) is 3. The van der Waals surface area contributed by atoms with Crippen LogP contribution in [0.2, 0.25) is 0 Å². The average Bonchev–Trinajstić information content (AvgIpc) is 3.53. The number of fused-ring (bicyclic) bond motifs is 1. The number of carbonyl (C=O) groups is 1. The van der Waals surface area contributed by atoms with E-state index in [1.807, 2.05) is 19.1 Å². The quantitative estimate of drug-likeness (QED) is 0.366.